The third-order valence-electron chi connectivity index (χ3n) is 3.12. The summed E-state index contributed by atoms with van der Waals surface area (Å²) in [5.74, 6) is -0.588. The highest BCUT2D eigenvalue weighted by molar-refractivity contribution is 6.10. The molecule has 0 amide bonds. The second kappa shape index (κ2) is 5.49. The maximum Gasteiger partial charge on any atom is 0.417 e. The summed E-state index contributed by atoms with van der Waals surface area (Å²) in [5.41, 5.74) is -0.127. The quantitative estimate of drug-likeness (QED) is 0.755. The Morgan fingerprint density at radius 2 is 1.50 bits per heavy atom. The smallest absolute Gasteiger partial charge is 0.289 e. The second-order valence-electron chi connectivity index (χ2n) is 4.38. The van der Waals surface area contributed by atoms with E-state index in [0.717, 1.165) is 11.6 Å². The summed E-state index contributed by atoms with van der Waals surface area (Å²) in [7, 11) is 0. The molecule has 20 heavy (non-hydrogen) atoms. The van der Waals surface area contributed by atoms with Crippen LogP contribution in [0.2, 0.25) is 0 Å². The minimum Gasteiger partial charge on any atom is -0.289 e. The van der Waals surface area contributed by atoms with E-state index in [9.17, 15) is 18.0 Å². The summed E-state index contributed by atoms with van der Waals surface area (Å²) in [6.07, 6.45) is -3.94. The van der Waals surface area contributed by atoms with E-state index in [1.807, 2.05) is 6.92 Å². The Balaban J connectivity index is 2.55. The van der Waals surface area contributed by atoms with Crippen molar-refractivity contribution in [3.63, 3.8) is 0 Å². The third kappa shape index (κ3) is 2.74. The molecule has 0 unspecified atom stereocenters. The molecule has 0 fully saturated rings. The van der Waals surface area contributed by atoms with Gasteiger partial charge in [-0.15, -0.1) is 0 Å². The number of rotatable bonds is 3. The predicted octanol–water partition coefficient (Wildman–Crippen LogP) is 4.50. The molecule has 0 aliphatic heterocycles. The third-order valence-corrected chi connectivity index (χ3v) is 3.12. The molecule has 2 aromatic carbocycles. The van der Waals surface area contributed by atoms with E-state index in [-0.39, 0.29) is 5.56 Å². The normalized spacial score (nSPS) is 11.4. The van der Waals surface area contributed by atoms with Crippen LogP contribution in [0.1, 0.15) is 34.0 Å². The molecule has 1 nitrogen and oxygen atoms in total. The van der Waals surface area contributed by atoms with Crippen LogP contribution in [0.4, 0.5) is 13.2 Å². The first-order valence-electron chi connectivity index (χ1n) is 6.24. The van der Waals surface area contributed by atoms with Crippen molar-refractivity contribution in [2.24, 2.45) is 0 Å². The Morgan fingerprint density at radius 1 is 0.950 bits per heavy atom. The van der Waals surface area contributed by atoms with Gasteiger partial charge in [0.2, 0.25) is 0 Å². The highest BCUT2D eigenvalue weighted by Crippen LogP contribution is 2.33. The van der Waals surface area contributed by atoms with Crippen molar-refractivity contribution < 1.29 is 18.0 Å². The fourth-order valence-electron chi connectivity index (χ4n) is 2.12. The van der Waals surface area contributed by atoms with Crippen molar-refractivity contribution >= 4 is 5.78 Å². The van der Waals surface area contributed by atoms with Crippen LogP contribution in [0.5, 0.6) is 0 Å². The zero-order chi connectivity index (χ0) is 14.8. The largest absolute Gasteiger partial charge is 0.417 e. The fraction of sp³-hybridized carbons (Fsp3) is 0.188. The van der Waals surface area contributed by atoms with Gasteiger partial charge in [-0.05, 0) is 18.1 Å². The minimum absolute atomic E-state index is 0.305. The molecule has 0 aliphatic carbocycles. The van der Waals surface area contributed by atoms with Crippen LogP contribution in [-0.2, 0) is 12.6 Å². The summed E-state index contributed by atoms with van der Waals surface area (Å²) in [6.45, 7) is 1.86. The zero-order valence-corrected chi connectivity index (χ0v) is 10.9. The zero-order valence-electron chi connectivity index (χ0n) is 10.9. The van der Waals surface area contributed by atoms with Crippen LogP contribution in [-0.4, -0.2) is 5.78 Å². The maximum absolute atomic E-state index is 13.0. The molecule has 0 radical (unpaired) electrons. The van der Waals surface area contributed by atoms with E-state index >= 15 is 0 Å². The lowest BCUT2D eigenvalue weighted by atomic mass is 9.94. The summed E-state index contributed by atoms with van der Waals surface area (Å²) >= 11 is 0. The highest BCUT2D eigenvalue weighted by atomic mass is 19.4. The van der Waals surface area contributed by atoms with Crippen LogP contribution in [0.3, 0.4) is 0 Å². The number of halogens is 3. The Morgan fingerprint density at radius 3 is 2.10 bits per heavy atom. The molecule has 0 saturated heterocycles. The van der Waals surface area contributed by atoms with Crippen molar-refractivity contribution in [2.45, 2.75) is 19.5 Å². The van der Waals surface area contributed by atoms with Crippen LogP contribution in [0.25, 0.3) is 0 Å². The first-order chi connectivity index (χ1) is 9.45. The number of carbonyl (C=O) groups is 1. The number of hydrogen-bond donors (Lipinski definition) is 0. The van der Waals surface area contributed by atoms with E-state index < -0.39 is 17.5 Å². The van der Waals surface area contributed by atoms with Crippen molar-refractivity contribution in [1.82, 2.24) is 0 Å². The van der Waals surface area contributed by atoms with E-state index in [1.54, 1.807) is 24.3 Å². The Labute approximate surface area is 115 Å². The fourth-order valence-corrected chi connectivity index (χ4v) is 2.12. The standard InChI is InChI=1S/C16H13F3O/c1-2-11-7-3-4-8-12(11)15(20)13-9-5-6-10-14(13)16(17,18)19/h3-10H,2H2,1H3. The van der Waals surface area contributed by atoms with Crippen LogP contribution < -0.4 is 0 Å². The van der Waals surface area contributed by atoms with Gasteiger partial charge in [0.05, 0.1) is 5.56 Å². The van der Waals surface area contributed by atoms with Crippen molar-refractivity contribution in [3.8, 4) is 0 Å². The summed E-state index contributed by atoms with van der Waals surface area (Å²) in [4.78, 5) is 12.4. The topological polar surface area (TPSA) is 17.1 Å². The van der Waals surface area contributed by atoms with Gasteiger partial charge in [-0.1, -0.05) is 49.4 Å². The SMILES string of the molecule is CCc1ccccc1C(=O)c1ccccc1C(F)(F)F. The number of aryl methyl sites for hydroxylation is 1. The molecule has 0 heterocycles. The Hall–Kier alpha value is -2.10. The monoisotopic (exact) mass is 278 g/mol. The highest BCUT2D eigenvalue weighted by Gasteiger charge is 2.35. The molecular formula is C16H13F3O. The van der Waals surface area contributed by atoms with Gasteiger partial charge in [0, 0.05) is 11.1 Å². The van der Waals surface area contributed by atoms with Gasteiger partial charge in [-0.3, -0.25) is 4.79 Å². The molecule has 0 aliphatic rings. The van der Waals surface area contributed by atoms with Gasteiger partial charge < -0.3 is 0 Å². The van der Waals surface area contributed by atoms with Crippen molar-refractivity contribution in [1.29, 1.82) is 0 Å². The first kappa shape index (κ1) is 14.3. The van der Waals surface area contributed by atoms with Gasteiger partial charge in [0.15, 0.2) is 5.78 Å². The molecule has 0 atom stereocenters. The number of carbonyl (C=O) groups excluding carboxylic acids is 1. The molecule has 0 bridgehead atoms. The number of hydrogen-bond acceptors (Lipinski definition) is 1. The van der Waals surface area contributed by atoms with Crippen LogP contribution in [0, 0.1) is 0 Å². The first-order valence-corrected chi connectivity index (χ1v) is 6.24. The van der Waals surface area contributed by atoms with Gasteiger partial charge in [-0.25, -0.2) is 0 Å². The summed E-state index contributed by atoms with van der Waals surface area (Å²) < 4.78 is 38.9. The van der Waals surface area contributed by atoms with E-state index in [1.165, 1.54) is 18.2 Å². The predicted molar refractivity (Wildman–Crippen MR) is 70.7 cm³/mol. The lowest BCUT2D eigenvalue weighted by molar-refractivity contribution is -0.137. The minimum atomic E-state index is -4.53. The molecule has 0 spiro atoms. The molecular weight excluding hydrogens is 265 g/mol. The number of benzene rings is 2. The molecule has 0 aromatic heterocycles. The second-order valence-corrected chi connectivity index (χ2v) is 4.38. The number of alkyl halides is 3. The molecule has 2 aromatic rings. The van der Waals surface area contributed by atoms with E-state index in [2.05, 4.69) is 0 Å². The average Bonchev–Trinajstić information content (AvgIpc) is 2.45. The van der Waals surface area contributed by atoms with Crippen molar-refractivity contribution in [3.05, 3.63) is 70.8 Å². The molecule has 4 heteroatoms. The Kier molecular flexibility index (Phi) is 3.93. The molecule has 0 N–H and O–H groups in total. The van der Waals surface area contributed by atoms with Crippen LogP contribution in [0.15, 0.2) is 48.5 Å². The lowest BCUT2D eigenvalue weighted by Gasteiger charge is -2.13. The lowest BCUT2D eigenvalue weighted by Crippen LogP contribution is -2.14. The molecule has 0 saturated carbocycles. The van der Waals surface area contributed by atoms with Gasteiger partial charge >= 0.3 is 6.18 Å². The maximum atomic E-state index is 13.0. The van der Waals surface area contributed by atoms with E-state index in [4.69, 9.17) is 0 Å². The molecule has 2 rings (SSSR count). The number of ketones is 1. The van der Waals surface area contributed by atoms with Crippen molar-refractivity contribution in [2.75, 3.05) is 0 Å². The average molecular weight is 278 g/mol. The van der Waals surface area contributed by atoms with E-state index in [0.29, 0.717) is 12.0 Å². The van der Waals surface area contributed by atoms with Crippen LogP contribution >= 0.6 is 0 Å². The van der Waals surface area contributed by atoms with Gasteiger partial charge in [-0.2, -0.15) is 13.2 Å². The van der Waals surface area contributed by atoms with Gasteiger partial charge in [0.1, 0.15) is 0 Å². The van der Waals surface area contributed by atoms with Gasteiger partial charge in [0.25, 0.3) is 0 Å². The molecule has 104 valence electrons. The summed E-state index contributed by atoms with van der Waals surface area (Å²) in [5, 5.41) is 0. The summed E-state index contributed by atoms with van der Waals surface area (Å²) in [6, 6.07) is 11.6. The Bertz CT molecular complexity index is 630.